The van der Waals surface area contributed by atoms with Gasteiger partial charge >= 0.3 is 0 Å². The minimum Gasteiger partial charge on any atom is -0.0914 e. The van der Waals surface area contributed by atoms with E-state index in [4.69, 9.17) is 0 Å². The van der Waals surface area contributed by atoms with Gasteiger partial charge in [0.1, 0.15) is 0 Å². The molecule has 0 saturated heterocycles. The van der Waals surface area contributed by atoms with Gasteiger partial charge in [-0.25, -0.2) is 0 Å². The average Bonchev–Trinajstić information content (AvgIpc) is 2.49. The maximum atomic E-state index is 2.44. The van der Waals surface area contributed by atoms with Crippen molar-refractivity contribution in [3.63, 3.8) is 0 Å². The van der Waals surface area contributed by atoms with E-state index in [1.807, 2.05) is 0 Å². The molecule has 0 aromatic carbocycles. The van der Waals surface area contributed by atoms with Crippen molar-refractivity contribution >= 4 is 0 Å². The fraction of sp³-hybridized carbons (Fsp3) is 0.900. The van der Waals surface area contributed by atoms with E-state index in [0.29, 0.717) is 0 Å². The number of rotatable bonds is 6. The lowest BCUT2D eigenvalue weighted by molar-refractivity contribution is 0.196. The molecule has 20 heavy (non-hydrogen) atoms. The molecular formula is C20H36. The molecule has 0 heteroatoms. The lowest BCUT2D eigenvalue weighted by Crippen LogP contribution is -2.20. The van der Waals surface area contributed by atoms with Gasteiger partial charge in [0.05, 0.1) is 0 Å². The lowest BCUT2D eigenvalue weighted by atomic mass is 9.72. The van der Waals surface area contributed by atoms with E-state index in [9.17, 15) is 0 Å². The quantitative estimate of drug-likeness (QED) is 0.470. The van der Waals surface area contributed by atoms with Crippen LogP contribution in [0.2, 0.25) is 0 Å². The second kappa shape index (κ2) is 8.90. The summed E-state index contributed by atoms with van der Waals surface area (Å²) < 4.78 is 0. The van der Waals surface area contributed by atoms with Crippen LogP contribution in [0.15, 0.2) is 12.2 Å². The molecule has 0 N–H and O–H groups in total. The number of unbranched alkanes of at least 4 members (excludes halogenated alkanes) is 1. The number of hydrogen-bond acceptors (Lipinski definition) is 0. The molecule has 2 rings (SSSR count). The van der Waals surface area contributed by atoms with Crippen LogP contribution in [-0.4, -0.2) is 0 Å². The van der Waals surface area contributed by atoms with Crippen LogP contribution in [0.25, 0.3) is 0 Å². The van der Waals surface area contributed by atoms with Crippen molar-refractivity contribution in [1.82, 2.24) is 0 Å². The van der Waals surface area contributed by atoms with Gasteiger partial charge in [0.15, 0.2) is 0 Å². The highest BCUT2D eigenvalue weighted by atomic mass is 14.3. The summed E-state index contributed by atoms with van der Waals surface area (Å²) in [6.07, 6.45) is 22.7. The van der Waals surface area contributed by atoms with Gasteiger partial charge in [-0.3, -0.25) is 0 Å². The van der Waals surface area contributed by atoms with Crippen molar-refractivity contribution in [3.8, 4) is 0 Å². The van der Waals surface area contributed by atoms with Crippen LogP contribution < -0.4 is 0 Å². The molecular weight excluding hydrogens is 240 g/mol. The second-order valence-electron chi connectivity index (χ2n) is 7.57. The third-order valence-corrected chi connectivity index (χ3v) is 5.95. The molecule has 0 atom stereocenters. The van der Waals surface area contributed by atoms with Crippen LogP contribution in [-0.2, 0) is 0 Å². The standard InChI is InChI=1S/C20H36/c1-3-5-7-18-10-14-20(15-11-18)16-19-12-8-17(6-4-2)9-13-19/h4,6,17-20H,3,5,7-16H2,1-2H3/b6-4+. The van der Waals surface area contributed by atoms with Gasteiger partial charge in [0.2, 0.25) is 0 Å². The highest BCUT2D eigenvalue weighted by Crippen LogP contribution is 2.39. The molecule has 0 radical (unpaired) electrons. The zero-order valence-corrected chi connectivity index (χ0v) is 13.9. The van der Waals surface area contributed by atoms with Gasteiger partial charge in [-0.1, -0.05) is 64.0 Å². The SMILES string of the molecule is C/C=C/C1CCC(CC2CCC(CCCC)CC2)CC1. The Kier molecular flexibility index (Phi) is 7.17. The maximum absolute atomic E-state index is 2.44. The largest absolute Gasteiger partial charge is 0.0914 e. The summed E-state index contributed by atoms with van der Waals surface area (Å²) in [6.45, 7) is 4.50. The molecule has 2 aliphatic carbocycles. The van der Waals surface area contributed by atoms with E-state index < -0.39 is 0 Å². The Balaban J connectivity index is 1.61. The topological polar surface area (TPSA) is 0 Å². The fourth-order valence-corrected chi connectivity index (χ4v) is 4.61. The molecule has 0 aliphatic heterocycles. The summed E-state index contributed by atoms with van der Waals surface area (Å²) >= 11 is 0. The Morgan fingerprint density at radius 1 is 0.800 bits per heavy atom. The van der Waals surface area contributed by atoms with Gasteiger partial charge in [-0.2, -0.15) is 0 Å². The lowest BCUT2D eigenvalue weighted by Gasteiger charge is -2.33. The first-order chi connectivity index (χ1) is 9.81. The van der Waals surface area contributed by atoms with Gasteiger partial charge in [-0.15, -0.1) is 0 Å². The average molecular weight is 277 g/mol. The third-order valence-electron chi connectivity index (χ3n) is 5.95. The van der Waals surface area contributed by atoms with E-state index in [1.54, 1.807) is 32.1 Å². The van der Waals surface area contributed by atoms with Crippen molar-refractivity contribution in [2.45, 2.75) is 90.9 Å². The fourth-order valence-electron chi connectivity index (χ4n) is 4.61. The van der Waals surface area contributed by atoms with Crippen molar-refractivity contribution in [2.24, 2.45) is 23.7 Å². The maximum Gasteiger partial charge on any atom is -0.0233 e. The third kappa shape index (κ3) is 5.26. The highest BCUT2D eigenvalue weighted by Gasteiger charge is 2.26. The van der Waals surface area contributed by atoms with Crippen molar-refractivity contribution < 1.29 is 0 Å². The highest BCUT2D eigenvalue weighted by molar-refractivity contribution is 4.89. The second-order valence-corrected chi connectivity index (χ2v) is 7.57. The first-order valence-electron chi connectivity index (χ1n) is 9.44. The summed E-state index contributed by atoms with van der Waals surface area (Å²) in [5, 5.41) is 0. The molecule has 0 aromatic heterocycles. The number of allylic oxidation sites excluding steroid dienone is 2. The minimum absolute atomic E-state index is 0.904. The molecule has 0 spiro atoms. The Bertz CT molecular complexity index is 262. The summed E-state index contributed by atoms with van der Waals surface area (Å²) in [4.78, 5) is 0. The van der Waals surface area contributed by atoms with Crippen LogP contribution in [0.4, 0.5) is 0 Å². The minimum atomic E-state index is 0.904. The molecule has 0 bridgehead atoms. The zero-order valence-electron chi connectivity index (χ0n) is 13.9. The summed E-state index contributed by atoms with van der Waals surface area (Å²) in [7, 11) is 0. The monoisotopic (exact) mass is 276 g/mol. The van der Waals surface area contributed by atoms with Crippen LogP contribution in [0.1, 0.15) is 90.9 Å². The molecule has 0 heterocycles. The van der Waals surface area contributed by atoms with Gasteiger partial charge in [0.25, 0.3) is 0 Å². The summed E-state index contributed by atoms with van der Waals surface area (Å²) in [6, 6.07) is 0. The van der Waals surface area contributed by atoms with Crippen molar-refractivity contribution in [3.05, 3.63) is 12.2 Å². The Hall–Kier alpha value is -0.260. The van der Waals surface area contributed by atoms with Crippen LogP contribution in [0.3, 0.4) is 0 Å². The Morgan fingerprint density at radius 3 is 1.90 bits per heavy atom. The predicted octanol–water partition coefficient (Wildman–Crippen LogP) is 6.76. The molecule has 0 nitrogen and oxygen atoms in total. The molecule has 0 aromatic rings. The van der Waals surface area contributed by atoms with E-state index in [-0.39, 0.29) is 0 Å². The molecule has 0 amide bonds. The summed E-state index contributed by atoms with van der Waals surface area (Å²) in [5.41, 5.74) is 0. The van der Waals surface area contributed by atoms with E-state index in [0.717, 1.165) is 23.7 Å². The number of hydrogen-bond donors (Lipinski definition) is 0. The van der Waals surface area contributed by atoms with E-state index >= 15 is 0 Å². The molecule has 2 saturated carbocycles. The first kappa shape index (κ1) is 16.1. The summed E-state index contributed by atoms with van der Waals surface area (Å²) in [5.74, 6) is 4.13. The van der Waals surface area contributed by atoms with Crippen LogP contribution >= 0.6 is 0 Å². The van der Waals surface area contributed by atoms with E-state index in [1.165, 1.54) is 44.9 Å². The Labute approximate surface area is 127 Å². The molecule has 2 fully saturated rings. The van der Waals surface area contributed by atoms with Gasteiger partial charge < -0.3 is 0 Å². The van der Waals surface area contributed by atoms with Crippen molar-refractivity contribution in [1.29, 1.82) is 0 Å². The predicted molar refractivity (Wildman–Crippen MR) is 89.9 cm³/mol. The van der Waals surface area contributed by atoms with Gasteiger partial charge in [0, 0.05) is 0 Å². The molecule has 0 unspecified atom stereocenters. The van der Waals surface area contributed by atoms with Gasteiger partial charge in [-0.05, 0) is 62.7 Å². The Morgan fingerprint density at radius 2 is 1.35 bits per heavy atom. The van der Waals surface area contributed by atoms with Crippen molar-refractivity contribution in [2.75, 3.05) is 0 Å². The first-order valence-corrected chi connectivity index (χ1v) is 9.44. The molecule has 2 aliphatic rings. The van der Waals surface area contributed by atoms with Crippen LogP contribution in [0.5, 0.6) is 0 Å². The normalized spacial score (nSPS) is 35.5. The molecule has 116 valence electrons. The van der Waals surface area contributed by atoms with E-state index in [2.05, 4.69) is 26.0 Å². The van der Waals surface area contributed by atoms with Crippen LogP contribution in [0, 0.1) is 23.7 Å². The smallest absolute Gasteiger partial charge is 0.0233 e. The zero-order chi connectivity index (χ0) is 14.2.